The van der Waals surface area contributed by atoms with Crippen LogP contribution >= 0.6 is 0 Å². The van der Waals surface area contributed by atoms with Crippen molar-refractivity contribution >= 4 is 5.97 Å². The second-order valence-electron chi connectivity index (χ2n) is 5.19. The van der Waals surface area contributed by atoms with E-state index in [2.05, 4.69) is 30.8 Å². The Morgan fingerprint density at radius 1 is 0.952 bits per heavy atom. The number of ether oxygens (including phenoxy) is 1. The van der Waals surface area contributed by atoms with Crippen LogP contribution in [0.4, 0.5) is 0 Å². The summed E-state index contributed by atoms with van der Waals surface area (Å²) in [6, 6.07) is 20.2. The Kier molecular flexibility index (Phi) is 4.94. The predicted molar refractivity (Wildman–Crippen MR) is 85.1 cm³/mol. The van der Waals surface area contributed by atoms with Crippen LogP contribution in [0.25, 0.3) is 0 Å². The molecule has 1 atom stereocenters. The first-order chi connectivity index (χ1) is 10.1. The highest BCUT2D eigenvalue weighted by Crippen LogP contribution is 2.29. The molecule has 21 heavy (non-hydrogen) atoms. The van der Waals surface area contributed by atoms with Gasteiger partial charge in [-0.05, 0) is 25.0 Å². The molecule has 2 heteroatoms. The fourth-order valence-electron chi connectivity index (χ4n) is 2.39. The number of esters is 1. The minimum atomic E-state index is -0.348. The SMILES string of the molecule is C=C(C)C(=O)OC(C)C(c1ccccc1)c1ccccc1. The van der Waals surface area contributed by atoms with Crippen molar-refractivity contribution in [2.24, 2.45) is 0 Å². The van der Waals surface area contributed by atoms with Gasteiger partial charge in [-0.2, -0.15) is 0 Å². The Hall–Kier alpha value is -2.35. The van der Waals surface area contributed by atoms with Crippen molar-refractivity contribution in [1.29, 1.82) is 0 Å². The third-order valence-corrected chi connectivity index (χ3v) is 3.43. The molecule has 1 unspecified atom stereocenters. The van der Waals surface area contributed by atoms with Gasteiger partial charge in [0.1, 0.15) is 6.10 Å². The highest BCUT2D eigenvalue weighted by atomic mass is 16.5. The number of rotatable bonds is 5. The Morgan fingerprint density at radius 3 is 1.76 bits per heavy atom. The molecular formula is C19H20O2. The van der Waals surface area contributed by atoms with Crippen LogP contribution in [0.5, 0.6) is 0 Å². The van der Waals surface area contributed by atoms with E-state index in [1.165, 1.54) is 0 Å². The van der Waals surface area contributed by atoms with Gasteiger partial charge in [-0.1, -0.05) is 67.2 Å². The number of carbonyl (C=O) groups excluding carboxylic acids is 1. The quantitative estimate of drug-likeness (QED) is 0.602. The normalized spacial score (nSPS) is 12.0. The van der Waals surface area contributed by atoms with Crippen LogP contribution < -0.4 is 0 Å². The lowest BCUT2D eigenvalue weighted by Gasteiger charge is -2.25. The first-order valence-electron chi connectivity index (χ1n) is 7.06. The highest BCUT2D eigenvalue weighted by molar-refractivity contribution is 5.87. The van der Waals surface area contributed by atoms with Crippen molar-refractivity contribution in [3.05, 3.63) is 83.9 Å². The summed E-state index contributed by atoms with van der Waals surface area (Å²) in [5.74, 6) is -0.338. The second kappa shape index (κ2) is 6.89. The van der Waals surface area contributed by atoms with Gasteiger partial charge in [0.15, 0.2) is 0 Å². The summed E-state index contributed by atoms with van der Waals surface area (Å²) in [4.78, 5) is 11.8. The molecule has 0 fully saturated rings. The second-order valence-corrected chi connectivity index (χ2v) is 5.19. The number of carbonyl (C=O) groups is 1. The Bertz CT molecular complexity index is 562. The van der Waals surface area contributed by atoms with Crippen molar-refractivity contribution in [2.45, 2.75) is 25.9 Å². The molecule has 0 aliphatic heterocycles. The van der Waals surface area contributed by atoms with Gasteiger partial charge in [0.05, 0.1) is 0 Å². The summed E-state index contributed by atoms with van der Waals surface area (Å²) in [5.41, 5.74) is 2.68. The zero-order valence-corrected chi connectivity index (χ0v) is 12.5. The average molecular weight is 280 g/mol. The molecular weight excluding hydrogens is 260 g/mol. The smallest absolute Gasteiger partial charge is 0.333 e. The molecule has 0 saturated carbocycles. The maximum absolute atomic E-state index is 11.8. The van der Waals surface area contributed by atoms with Gasteiger partial charge in [-0.25, -0.2) is 4.79 Å². The summed E-state index contributed by atoms with van der Waals surface area (Å²) in [6.45, 7) is 7.22. The molecule has 2 nitrogen and oxygen atoms in total. The summed E-state index contributed by atoms with van der Waals surface area (Å²) < 4.78 is 5.54. The third-order valence-electron chi connectivity index (χ3n) is 3.43. The lowest BCUT2D eigenvalue weighted by Crippen LogP contribution is -2.23. The molecule has 0 radical (unpaired) electrons. The van der Waals surface area contributed by atoms with E-state index in [-0.39, 0.29) is 18.0 Å². The van der Waals surface area contributed by atoms with E-state index < -0.39 is 0 Å². The largest absolute Gasteiger partial charge is 0.458 e. The molecule has 0 aromatic heterocycles. The van der Waals surface area contributed by atoms with E-state index in [1.807, 2.05) is 43.3 Å². The molecule has 0 spiro atoms. The molecule has 0 heterocycles. The lowest BCUT2D eigenvalue weighted by molar-refractivity contribution is -0.143. The molecule has 0 amide bonds. The van der Waals surface area contributed by atoms with Gasteiger partial charge in [0, 0.05) is 11.5 Å². The first-order valence-corrected chi connectivity index (χ1v) is 7.06. The minimum Gasteiger partial charge on any atom is -0.458 e. The van der Waals surface area contributed by atoms with Crippen molar-refractivity contribution in [3.8, 4) is 0 Å². The van der Waals surface area contributed by atoms with Crippen molar-refractivity contribution in [2.75, 3.05) is 0 Å². The van der Waals surface area contributed by atoms with Crippen LogP contribution in [0.1, 0.15) is 30.9 Å². The molecule has 0 N–H and O–H groups in total. The van der Waals surface area contributed by atoms with Crippen LogP contribution in [-0.4, -0.2) is 12.1 Å². The zero-order valence-electron chi connectivity index (χ0n) is 12.5. The third kappa shape index (κ3) is 3.82. The summed E-state index contributed by atoms with van der Waals surface area (Å²) in [7, 11) is 0. The number of hydrogen-bond donors (Lipinski definition) is 0. The van der Waals surface area contributed by atoms with Crippen molar-refractivity contribution < 1.29 is 9.53 Å². The summed E-state index contributed by atoms with van der Waals surface area (Å²) >= 11 is 0. The molecule has 0 aliphatic carbocycles. The summed E-state index contributed by atoms with van der Waals surface area (Å²) in [6.07, 6.45) is -0.265. The highest BCUT2D eigenvalue weighted by Gasteiger charge is 2.24. The van der Waals surface area contributed by atoms with Crippen LogP contribution in [-0.2, 0) is 9.53 Å². The molecule has 0 saturated heterocycles. The van der Waals surface area contributed by atoms with Crippen LogP contribution in [0.3, 0.4) is 0 Å². The topological polar surface area (TPSA) is 26.3 Å². The molecule has 2 aromatic carbocycles. The van der Waals surface area contributed by atoms with Gasteiger partial charge in [0.25, 0.3) is 0 Å². The molecule has 0 aliphatic rings. The van der Waals surface area contributed by atoms with Crippen molar-refractivity contribution in [1.82, 2.24) is 0 Å². The van der Waals surface area contributed by atoms with E-state index in [9.17, 15) is 4.79 Å². The average Bonchev–Trinajstić information content (AvgIpc) is 2.49. The van der Waals surface area contributed by atoms with E-state index in [1.54, 1.807) is 6.92 Å². The van der Waals surface area contributed by atoms with Crippen LogP contribution in [0.2, 0.25) is 0 Å². The van der Waals surface area contributed by atoms with Gasteiger partial charge < -0.3 is 4.74 Å². The van der Waals surface area contributed by atoms with E-state index in [0.29, 0.717) is 5.57 Å². The van der Waals surface area contributed by atoms with E-state index >= 15 is 0 Å². The Balaban J connectivity index is 2.33. The minimum absolute atomic E-state index is 0.00991. The fourth-order valence-corrected chi connectivity index (χ4v) is 2.39. The maximum atomic E-state index is 11.8. The predicted octanol–water partition coefficient (Wildman–Crippen LogP) is 4.33. The first kappa shape index (κ1) is 15.0. The molecule has 2 aromatic rings. The van der Waals surface area contributed by atoms with Gasteiger partial charge in [-0.3, -0.25) is 0 Å². The van der Waals surface area contributed by atoms with E-state index in [0.717, 1.165) is 11.1 Å². The molecule has 0 bridgehead atoms. The molecule has 108 valence electrons. The van der Waals surface area contributed by atoms with Gasteiger partial charge in [0.2, 0.25) is 0 Å². The number of benzene rings is 2. The monoisotopic (exact) mass is 280 g/mol. The number of hydrogen-bond acceptors (Lipinski definition) is 2. The van der Waals surface area contributed by atoms with Gasteiger partial charge >= 0.3 is 5.97 Å². The lowest BCUT2D eigenvalue weighted by atomic mass is 9.87. The maximum Gasteiger partial charge on any atom is 0.333 e. The Labute approximate surface area is 126 Å². The fraction of sp³-hybridized carbons (Fsp3) is 0.211. The van der Waals surface area contributed by atoms with Crippen LogP contribution in [0, 0.1) is 0 Å². The molecule has 2 rings (SSSR count). The zero-order chi connectivity index (χ0) is 15.2. The van der Waals surface area contributed by atoms with Crippen LogP contribution in [0.15, 0.2) is 72.8 Å². The van der Waals surface area contributed by atoms with E-state index in [4.69, 9.17) is 4.74 Å². The Morgan fingerprint density at radius 2 is 1.38 bits per heavy atom. The van der Waals surface area contributed by atoms with Gasteiger partial charge in [-0.15, -0.1) is 0 Å². The summed E-state index contributed by atoms with van der Waals surface area (Å²) in [5, 5.41) is 0. The standard InChI is InChI=1S/C19H20O2/c1-14(2)19(20)21-15(3)18(16-10-6-4-7-11-16)17-12-8-5-9-13-17/h4-13,15,18H,1H2,2-3H3. The van der Waals surface area contributed by atoms with Crippen molar-refractivity contribution in [3.63, 3.8) is 0 Å².